The van der Waals surface area contributed by atoms with Crippen LogP contribution >= 0.6 is 15.9 Å². The van der Waals surface area contributed by atoms with E-state index in [4.69, 9.17) is 5.26 Å². The van der Waals surface area contributed by atoms with Crippen LogP contribution in [0, 0.1) is 17.1 Å². The SMILES string of the molecule is N#CC(C(=O)c1ccc(Br)c(F)c1)c1ccccc1. The van der Waals surface area contributed by atoms with Crippen molar-refractivity contribution in [3.05, 3.63) is 69.9 Å². The average Bonchev–Trinajstić information content (AvgIpc) is 2.44. The van der Waals surface area contributed by atoms with Crippen LogP contribution in [0.4, 0.5) is 4.39 Å². The van der Waals surface area contributed by atoms with E-state index in [1.54, 1.807) is 24.3 Å². The molecule has 2 aromatic carbocycles. The lowest BCUT2D eigenvalue weighted by molar-refractivity contribution is 0.0978. The normalized spacial score (nSPS) is 11.6. The number of nitriles is 1. The first-order valence-corrected chi connectivity index (χ1v) is 6.36. The molecule has 1 unspecified atom stereocenters. The van der Waals surface area contributed by atoms with Crippen LogP contribution in [-0.2, 0) is 0 Å². The molecule has 4 heteroatoms. The molecule has 1 atom stereocenters. The van der Waals surface area contributed by atoms with Gasteiger partial charge in [-0.1, -0.05) is 36.4 Å². The summed E-state index contributed by atoms with van der Waals surface area (Å²) in [5.74, 6) is -1.84. The van der Waals surface area contributed by atoms with Gasteiger partial charge in [0.05, 0.1) is 10.5 Å². The average molecular weight is 318 g/mol. The molecule has 0 spiro atoms. The van der Waals surface area contributed by atoms with Gasteiger partial charge in [0.25, 0.3) is 0 Å². The zero-order chi connectivity index (χ0) is 13.8. The number of hydrogen-bond donors (Lipinski definition) is 0. The molecule has 0 aromatic heterocycles. The smallest absolute Gasteiger partial charge is 0.184 e. The molecule has 0 aliphatic carbocycles. The van der Waals surface area contributed by atoms with Crippen LogP contribution in [0.3, 0.4) is 0 Å². The zero-order valence-electron chi connectivity index (χ0n) is 9.81. The van der Waals surface area contributed by atoms with Gasteiger partial charge in [-0.05, 0) is 33.6 Å². The standard InChI is InChI=1S/C15H9BrFNO/c16-13-7-6-11(8-14(13)17)15(19)12(9-18)10-4-2-1-3-5-10/h1-8,12H. The van der Waals surface area contributed by atoms with E-state index in [2.05, 4.69) is 15.9 Å². The Kier molecular flexibility index (Phi) is 4.08. The molecular formula is C15H9BrFNO. The molecule has 0 heterocycles. The Morgan fingerprint density at radius 1 is 1.21 bits per heavy atom. The summed E-state index contributed by atoms with van der Waals surface area (Å²) in [6.07, 6.45) is 0. The molecule has 0 bridgehead atoms. The second-order valence-corrected chi connectivity index (χ2v) is 4.82. The molecule has 2 rings (SSSR count). The van der Waals surface area contributed by atoms with Gasteiger partial charge in [0, 0.05) is 5.56 Å². The fourth-order valence-electron chi connectivity index (χ4n) is 1.75. The third-order valence-electron chi connectivity index (χ3n) is 2.73. The van der Waals surface area contributed by atoms with Crippen molar-refractivity contribution in [1.29, 1.82) is 5.26 Å². The molecule has 0 N–H and O–H groups in total. The van der Waals surface area contributed by atoms with Crippen molar-refractivity contribution in [2.24, 2.45) is 0 Å². The third-order valence-corrected chi connectivity index (χ3v) is 3.37. The first-order chi connectivity index (χ1) is 9.13. The second-order valence-electron chi connectivity index (χ2n) is 3.97. The van der Waals surface area contributed by atoms with Gasteiger partial charge in [-0.2, -0.15) is 5.26 Å². The maximum Gasteiger partial charge on any atom is 0.184 e. The first kappa shape index (κ1) is 13.4. The van der Waals surface area contributed by atoms with Gasteiger partial charge in [-0.25, -0.2) is 4.39 Å². The molecule has 0 saturated heterocycles. The highest BCUT2D eigenvalue weighted by atomic mass is 79.9. The minimum Gasteiger partial charge on any atom is -0.292 e. The van der Waals surface area contributed by atoms with Crippen molar-refractivity contribution in [1.82, 2.24) is 0 Å². The van der Waals surface area contributed by atoms with Crippen LogP contribution in [0.15, 0.2) is 53.0 Å². The molecule has 0 amide bonds. The van der Waals surface area contributed by atoms with E-state index in [1.807, 2.05) is 12.1 Å². The molecule has 0 aliphatic rings. The number of nitrogens with zero attached hydrogens (tertiary/aromatic N) is 1. The number of carbonyl (C=O) groups excluding carboxylic acids is 1. The third kappa shape index (κ3) is 2.88. The largest absolute Gasteiger partial charge is 0.292 e. The number of carbonyl (C=O) groups is 1. The highest BCUT2D eigenvalue weighted by Gasteiger charge is 2.22. The predicted octanol–water partition coefficient (Wildman–Crippen LogP) is 4.08. The Morgan fingerprint density at radius 3 is 2.47 bits per heavy atom. The van der Waals surface area contributed by atoms with Crippen LogP contribution in [0.25, 0.3) is 0 Å². The Hall–Kier alpha value is -1.99. The van der Waals surface area contributed by atoms with Gasteiger partial charge < -0.3 is 0 Å². The Balaban J connectivity index is 2.37. The van der Waals surface area contributed by atoms with Crippen molar-refractivity contribution in [3.63, 3.8) is 0 Å². The molecule has 19 heavy (non-hydrogen) atoms. The number of hydrogen-bond acceptors (Lipinski definition) is 2. The van der Waals surface area contributed by atoms with E-state index < -0.39 is 17.5 Å². The summed E-state index contributed by atoms with van der Waals surface area (Å²) >= 11 is 3.03. The molecule has 2 nitrogen and oxygen atoms in total. The van der Waals surface area contributed by atoms with Crippen LogP contribution in [-0.4, -0.2) is 5.78 Å². The fraction of sp³-hybridized carbons (Fsp3) is 0.0667. The highest BCUT2D eigenvalue weighted by Crippen LogP contribution is 2.23. The van der Waals surface area contributed by atoms with Gasteiger partial charge in [0.1, 0.15) is 11.7 Å². The Labute approximate surface area is 118 Å². The summed E-state index contributed by atoms with van der Waals surface area (Å²) in [6.45, 7) is 0. The lowest BCUT2D eigenvalue weighted by atomic mass is 9.92. The molecule has 0 saturated carbocycles. The lowest BCUT2D eigenvalue weighted by Gasteiger charge is -2.08. The summed E-state index contributed by atoms with van der Waals surface area (Å²) in [5.41, 5.74) is 0.800. The number of Topliss-reactive ketones (excluding diaryl/α,β-unsaturated/α-hetero) is 1. The molecule has 2 aromatic rings. The summed E-state index contributed by atoms with van der Waals surface area (Å²) in [5, 5.41) is 9.16. The van der Waals surface area contributed by atoms with Crippen molar-refractivity contribution in [3.8, 4) is 6.07 Å². The summed E-state index contributed by atoms with van der Waals surface area (Å²) in [4.78, 5) is 12.2. The number of rotatable bonds is 3. The van der Waals surface area contributed by atoms with Gasteiger partial charge in [0.15, 0.2) is 5.78 Å². The first-order valence-electron chi connectivity index (χ1n) is 5.57. The van der Waals surface area contributed by atoms with Crippen molar-refractivity contribution >= 4 is 21.7 Å². The van der Waals surface area contributed by atoms with E-state index in [9.17, 15) is 9.18 Å². The van der Waals surface area contributed by atoms with Gasteiger partial charge >= 0.3 is 0 Å². The van der Waals surface area contributed by atoms with E-state index >= 15 is 0 Å². The quantitative estimate of drug-likeness (QED) is 0.800. The summed E-state index contributed by atoms with van der Waals surface area (Å²) in [7, 11) is 0. The predicted molar refractivity (Wildman–Crippen MR) is 73.2 cm³/mol. The van der Waals surface area contributed by atoms with Crippen molar-refractivity contribution in [2.45, 2.75) is 5.92 Å². The van der Waals surface area contributed by atoms with Crippen molar-refractivity contribution < 1.29 is 9.18 Å². The second kappa shape index (κ2) is 5.77. The lowest BCUT2D eigenvalue weighted by Crippen LogP contribution is -2.11. The van der Waals surface area contributed by atoms with Crippen LogP contribution in [0.1, 0.15) is 21.8 Å². The minimum atomic E-state index is -0.915. The van der Waals surface area contributed by atoms with Gasteiger partial charge in [-0.15, -0.1) is 0 Å². The van der Waals surface area contributed by atoms with Crippen LogP contribution in [0.2, 0.25) is 0 Å². The minimum absolute atomic E-state index is 0.191. The van der Waals surface area contributed by atoms with Crippen LogP contribution in [0.5, 0.6) is 0 Å². The van der Waals surface area contributed by atoms with E-state index in [0.717, 1.165) is 6.07 Å². The van der Waals surface area contributed by atoms with E-state index in [0.29, 0.717) is 5.56 Å². The van der Waals surface area contributed by atoms with Gasteiger partial charge in [-0.3, -0.25) is 4.79 Å². The summed E-state index contributed by atoms with van der Waals surface area (Å²) < 4.78 is 13.7. The summed E-state index contributed by atoms with van der Waals surface area (Å²) in [6, 6.07) is 14.8. The Bertz CT molecular complexity index is 649. The van der Waals surface area contributed by atoms with E-state index in [1.165, 1.54) is 12.1 Å². The monoisotopic (exact) mass is 317 g/mol. The van der Waals surface area contributed by atoms with E-state index in [-0.39, 0.29) is 10.0 Å². The topological polar surface area (TPSA) is 40.9 Å². The van der Waals surface area contributed by atoms with Crippen molar-refractivity contribution in [2.75, 3.05) is 0 Å². The van der Waals surface area contributed by atoms with Gasteiger partial charge in [0.2, 0.25) is 0 Å². The maximum absolute atomic E-state index is 13.4. The molecule has 0 fully saturated rings. The maximum atomic E-state index is 13.4. The van der Waals surface area contributed by atoms with Crippen LogP contribution < -0.4 is 0 Å². The number of ketones is 1. The Morgan fingerprint density at radius 2 is 1.89 bits per heavy atom. The molecule has 0 radical (unpaired) electrons. The zero-order valence-corrected chi connectivity index (χ0v) is 11.4. The number of halogens is 2. The molecule has 94 valence electrons. The fourth-order valence-corrected chi connectivity index (χ4v) is 1.99. The highest BCUT2D eigenvalue weighted by molar-refractivity contribution is 9.10. The molecular weight excluding hydrogens is 309 g/mol. The molecule has 0 aliphatic heterocycles. The number of benzene rings is 2.